The quantitative estimate of drug-likeness (QED) is 0.204. The van der Waals surface area contributed by atoms with Crippen molar-refractivity contribution in [3.05, 3.63) is 110 Å². The number of Topliss-reactive ketones (excluding diaryl/α,β-unsaturated/α-hetero) is 1. The third-order valence-corrected chi connectivity index (χ3v) is 5.40. The lowest BCUT2D eigenvalue weighted by atomic mass is 9.95. The fraction of sp³-hybridized carbons (Fsp3) is 0.0870. The van der Waals surface area contributed by atoms with Gasteiger partial charge in [-0.05, 0) is 53.6 Å². The second kappa shape index (κ2) is 8.60. The van der Waals surface area contributed by atoms with Crippen LogP contribution in [-0.4, -0.2) is 31.6 Å². The largest absolute Gasteiger partial charge is 0.507 e. The fourth-order valence-electron chi connectivity index (χ4n) is 3.62. The van der Waals surface area contributed by atoms with E-state index < -0.39 is 22.7 Å². The highest BCUT2D eigenvalue weighted by atomic mass is 35.5. The third-order valence-electron chi connectivity index (χ3n) is 5.15. The number of hydrogen-bond donors (Lipinski definition) is 1. The number of non-ortho nitro benzene ring substituents is 1. The number of rotatable bonds is 5. The van der Waals surface area contributed by atoms with Crippen LogP contribution in [0.15, 0.2) is 78.6 Å². The Kier molecular flexibility index (Phi) is 5.70. The van der Waals surface area contributed by atoms with Gasteiger partial charge >= 0.3 is 0 Å². The lowest BCUT2D eigenvalue weighted by Crippen LogP contribution is -2.29. The highest BCUT2D eigenvalue weighted by Gasteiger charge is 2.46. The second-order valence-corrected chi connectivity index (χ2v) is 7.58. The van der Waals surface area contributed by atoms with Crippen LogP contribution in [0, 0.1) is 10.1 Å². The number of amides is 1. The van der Waals surface area contributed by atoms with Crippen molar-refractivity contribution in [2.75, 3.05) is 0 Å². The van der Waals surface area contributed by atoms with Gasteiger partial charge in [0.1, 0.15) is 5.76 Å². The van der Waals surface area contributed by atoms with E-state index in [2.05, 4.69) is 4.98 Å². The van der Waals surface area contributed by atoms with E-state index in [1.165, 1.54) is 29.2 Å². The standard InChI is InChI=1S/C23H16ClN3O5/c24-17-7-3-16(4-8-17)21(28)19-20(15-5-9-18(10-6-15)27(31)32)26(23(30)22(19)29)13-14-2-1-11-25-12-14/h1-12,20,28H,13H2/t20-/m1/s1. The number of aliphatic hydroxyl groups excluding tert-OH is 1. The van der Waals surface area contributed by atoms with Crippen molar-refractivity contribution in [3.8, 4) is 0 Å². The monoisotopic (exact) mass is 449 g/mol. The SMILES string of the molecule is O=C1C(=O)N(Cc2cccnc2)[C@H](c2ccc([N+](=O)[O-])cc2)C1=C(O)c1ccc(Cl)cc1. The van der Waals surface area contributed by atoms with Crippen LogP contribution in [0.2, 0.25) is 5.02 Å². The molecule has 3 aromatic rings. The molecule has 1 atom stereocenters. The summed E-state index contributed by atoms with van der Waals surface area (Å²) in [5.74, 6) is -1.98. The first-order valence-corrected chi connectivity index (χ1v) is 9.92. The first kappa shape index (κ1) is 21.2. The van der Waals surface area contributed by atoms with Gasteiger partial charge in [-0.1, -0.05) is 17.7 Å². The zero-order valence-corrected chi connectivity index (χ0v) is 17.3. The molecule has 0 bridgehead atoms. The number of carbonyl (C=O) groups excluding carboxylic acids is 2. The molecule has 1 fully saturated rings. The normalized spacial score (nSPS) is 17.5. The molecule has 0 aliphatic carbocycles. The smallest absolute Gasteiger partial charge is 0.295 e. The molecule has 1 amide bonds. The average molecular weight is 450 g/mol. The number of nitro benzene ring substituents is 1. The first-order valence-electron chi connectivity index (χ1n) is 9.54. The highest BCUT2D eigenvalue weighted by molar-refractivity contribution is 6.46. The molecule has 8 nitrogen and oxygen atoms in total. The van der Waals surface area contributed by atoms with Crippen molar-refractivity contribution in [1.82, 2.24) is 9.88 Å². The maximum Gasteiger partial charge on any atom is 0.295 e. The van der Waals surface area contributed by atoms with Gasteiger partial charge in [0.2, 0.25) is 0 Å². The van der Waals surface area contributed by atoms with Gasteiger partial charge in [-0.15, -0.1) is 0 Å². The van der Waals surface area contributed by atoms with Crippen LogP contribution in [0.3, 0.4) is 0 Å². The Bertz CT molecular complexity index is 1220. The summed E-state index contributed by atoms with van der Waals surface area (Å²) in [4.78, 5) is 41.8. The fourth-order valence-corrected chi connectivity index (χ4v) is 3.75. The molecule has 1 saturated heterocycles. The Morgan fingerprint density at radius 2 is 1.78 bits per heavy atom. The molecule has 160 valence electrons. The van der Waals surface area contributed by atoms with E-state index in [0.717, 1.165) is 0 Å². The van der Waals surface area contributed by atoms with E-state index >= 15 is 0 Å². The number of ketones is 1. The van der Waals surface area contributed by atoms with Gasteiger partial charge in [-0.3, -0.25) is 24.7 Å². The number of aromatic nitrogens is 1. The third kappa shape index (κ3) is 3.95. The molecule has 2 aromatic carbocycles. The second-order valence-electron chi connectivity index (χ2n) is 7.14. The van der Waals surface area contributed by atoms with Gasteiger partial charge in [0.05, 0.1) is 16.5 Å². The van der Waals surface area contributed by atoms with Crippen molar-refractivity contribution in [2.24, 2.45) is 0 Å². The zero-order valence-electron chi connectivity index (χ0n) is 16.5. The number of likely N-dealkylation sites (tertiary alicyclic amines) is 1. The van der Waals surface area contributed by atoms with Crippen LogP contribution in [0.1, 0.15) is 22.7 Å². The van der Waals surface area contributed by atoms with Gasteiger partial charge in [0.25, 0.3) is 17.4 Å². The molecule has 1 aliphatic rings. The maximum absolute atomic E-state index is 13.0. The number of pyridine rings is 1. The van der Waals surface area contributed by atoms with Gasteiger partial charge in [0.15, 0.2) is 0 Å². The highest BCUT2D eigenvalue weighted by Crippen LogP contribution is 2.40. The number of aliphatic hydroxyl groups is 1. The number of hydrogen-bond acceptors (Lipinski definition) is 6. The average Bonchev–Trinajstić information content (AvgIpc) is 3.05. The summed E-state index contributed by atoms with van der Waals surface area (Å²) in [5, 5.41) is 22.5. The van der Waals surface area contributed by atoms with E-state index in [1.54, 1.807) is 48.8 Å². The Morgan fingerprint density at radius 3 is 2.38 bits per heavy atom. The van der Waals surface area contributed by atoms with Gasteiger partial charge in [0, 0.05) is 41.7 Å². The first-order chi connectivity index (χ1) is 15.4. The van der Waals surface area contributed by atoms with Crippen LogP contribution in [0.4, 0.5) is 5.69 Å². The zero-order chi connectivity index (χ0) is 22.8. The van der Waals surface area contributed by atoms with E-state index in [-0.39, 0.29) is 23.6 Å². The molecule has 2 heterocycles. The van der Waals surface area contributed by atoms with Crippen LogP contribution >= 0.6 is 11.6 Å². The molecule has 32 heavy (non-hydrogen) atoms. The minimum Gasteiger partial charge on any atom is -0.507 e. The summed E-state index contributed by atoms with van der Waals surface area (Å²) < 4.78 is 0. The molecular formula is C23H16ClN3O5. The predicted octanol–water partition coefficient (Wildman–Crippen LogP) is 4.27. The Hall–Kier alpha value is -4.04. The van der Waals surface area contributed by atoms with E-state index in [0.29, 0.717) is 21.7 Å². The van der Waals surface area contributed by atoms with Gasteiger partial charge < -0.3 is 10.0 Å². The number of benzene rings is 2. The van der Waals surface area contributed by atoms with Crippen LogP contribution < -0.4 is 0 Å². The molecule has 0 saturated carbocycles. The molecule has 0 spiro atoms. The Balaban J connectivity index is 1.85. The Morgan fingerprint density at radius 1 is 1.09 bits per heavy atom. The van der Waals surface area contributed by atoms with Crippen molar-refractivity contribution < 1.29 is 19.6 Å². The summed E-state index contributed by atoms with van der Waals surface area (Å²) in [5.41, 5.74) is 1.23. The minimum atomic E-state index is -0.938. The van der Waals surface area contributed by atoms with E-state index in [4.69, 9.17) is 11.6 Å². The van der Waals surface area contributed by atoms with Crippen LogP contribution in [0.5, 0.6) is 0 Å². The molecule has 0 unspecified atom stereocenters. The maximum atomic E-state index is 13.0. The molecule has 1 N–H and O–H groups in total. The molecule has 9 heteroatoms. The van der Waals surface area contributed by atoms with Crippen LogP contribution in [-0.2, 0) is 16.1 Å². The minimum absolute atomic E-state index is 0.0669. The molecular weight excluding hydrogens is 434 g/mol. The van der Waals surface area contributed by atoms with E-state index in [1.807, 2.05) is 0 Å². The summed E-state index contributed by atoms with van der Waals surface area (Å²) in [6, 6.07) is 14.3. The summed E-state index contributed by atoms with van der Waals surface area (Å²) in [6.45, 7) is 0.0669. The van der Waals surface area contributed by atoms with Gasteiger partial charge in [-0.25, -0.2) is 0 Å². The number of nitro groups is 1. The van der Waals surface area contributed by atoms with Crippen LogP contribution in [0.25, 0.3) is 5.76 Å². The number of carbonyl (C=O) groups is 2. The van der Waals surface area contributed by atoms with Crippen molar-refractivity contribution in [1.29, 1.82) is 0 Å². The van der Waals surface area contributed by atoms with Crippen molar-refractivity contribution >= 4 is 34.7 Å². The van der Waals surface area contributed by atoms with E-state index in [9.17, 15) is 24.8 Å². The molecule has 1 aliphatic heterocycles. The lowest BCUT2D eigenvalue weighted by Gasteiger charge is -2.25. The van der Waals surface area contributed by atoms with Crippen molar-refractivity contribution in [3.63, 3.8) is 0 Å². The summed E-state index contributed by atoms with van der Waals surface area (Å²) in [7, 11) is 0. The summed E-state index contributed by atoms with van der Waals surface area (Å²) >= 11 is 5.92. The summed E-state index contributed by atoms with van der Waals surface area (Å²) in [6.07, 6.45) is 3.16. The lowest BCUT2D eigenvalue weighted by molar-refractivity contribution is -0.384. The Labute approximate surface area is 187 Å². The number of halogens is 1. The molecule has 4 rings (SSSR count). The van der Waals surface area contributed by atoms with Gasteiger partial charge in [-0.2, -0.15) is 0 Å². The number of nitrogens with zero attached hydrogens (tertiary/aromatic N) is 3. The predicted molar refractivity (Wildman–Crippen MR) is 117 cm³/mol. The molecule has 1 aromatic heterocycles. The van der Waals surface area contributed by atoms with Crippen molar-refractivity contribution in [2.45, 2.75) is 12.6 Å². The molecule has 0 radical (unpaired) electrons. The topological polar surface area (TPSA) is 114 Å².